The van der Waals surface area contributed by atoms with Gasteiger partial charge in [-0.15, -0.1) is 0 Å². The second kappa shape index (κ2) is 7.89. The summed E-state index contributed by atoms with van der Waals surface area (Å²) in [6.45, 7) is 0.589. The number of fused-ring (bicyclic) bond motifs is 1. The monoisotopic (exact) mass is 426 g/mol. The normalized spacial score (nSPS) is 13.6. The molecule has 29 heavy (non-hydrogen) atoms. The lowest BCUT2D eigenvalue weighted by atomic mass is 10.00. The molecule has 5 nitrogen and oxygen atoms in total. The van der Waals surface area contributed by atoms with Crippen LogP contribution in [0.2, 0.25) is 5.02 Å². The molecule has 1 aliphatic rings. The minimum Gasteiger partial charge on any atom is -0.308 e. The maximum absolute atomic E-state index is 13.0. The Bertz CT molecular complexity index is 1160. The second-order valence-corrected chi connectivity index (χ2v) is 8.95. The van der Waals surface area contributed by atoms with Crippen molar-refractivity contribution in [2.45, 2.75) is 17.7 Å². The van der Waals surface area contributed by atoms with Crippen LogP contribution in [0.4, 0.5) is 11.4 Å². The van der Waals surface area contributed by atoms with E-state index in [0.29, 0.717) is 22.8 Å². The van der Waals surface area contributed by atoms with Crippen molar-refractivity contribution in [3.05, 3.63) is 88.9 Å². The lowest BCUT2D eigenvalue weighted by Crippen LogP contribution is -2.35. The van der Waals surface area contributed by atoms with E-state index in [0.717, 1.165) is 24.1 Å². The van der Waals surface area contributed by atoms with E-state index < -0.39 is 10.0 Å². The molecule has 3 aromatic carbocycles. The van der Waals surface area contributed by atoms with Crippen LogP contribution in [0.15, 0.2) is 77.7 Å². The molecule has 0 bridgehead atoms. The van der Waals surface area contributed by atoms with Crippen LogP contribution in [0, 0.1) is 0 Å². The molecule has 0 radical (unpaired) electrons. The Kier molecular flexibility index (Phi) is 5.30. The van der Waals surface area contributed by atoms with Crippen molar-refractivity contribution in [2.24, 2.45) is 0 Å². The standard InChI is InChI=1S/C22H19ClN2O3S/c23-18-9-4-10-20(14-18)29(27,28)24-19-12-11-16-8-5-13-25(21(16)15-19)22(26)17-6-2-1-3-7-17/h1-4,6-7,9-12,14-15,24H,5,8,13H2. The number of nitrogens with one attached hydrogen (secondary N) is 1. The van der Waals surface area contributed by atoms with Crippen LogP contribution in [-0.4, -0.2) is 20.9 Å². The fraction of sp³-hybridized carbons (Fsp3) is 0.136. The summed E-state index contributed by atoms with van der Waals surface area (Å²) in [5.41, 5.74) is 2.75. The van der Waals surface area contributed by atoms with E-state index >= 15 is 0 Å². The summed E-state index contributed by atoms with van der Waals surface area (Å²) in [7, 11) is -3.79. The number of hydrogen-bond donors (Lipinski definition) is 1. The van der Waals surface area contributed by atoms with Gasteiger partial charge in [-0.25, -0.2) is 8.42 Å². The van der Waals surface area contributed by atoms with Gasteiger partial charge in [-0.05, 0) is 60.9 Å². The molecule has 4 rings (SSSR count). The highest BCUT2D eigenvalue weighted by Crippen LogP contribution is 2.32. The third-order valence-electron chi connectivity index (χ3n) is 4.83. The molecular formula is C22H19ClN2O3S. The lowest BCUT2D eigenvalue weighted by Gasteiger charge is -2.30. The zero-order valence-corrected chi connectivity index (χ0v) is 17.1. The number of halogens is 1. The average Bonchev–Trinajstić information content (AvgIpc) is 2.73. The van der Waals surface area contributed by atoms with E-state index in [1.54, 1.807) is 41.3 Å². The molecule has 1 heterocycles. The van der Waals surface area contributed by atoms with Gasteiger partial charge in [0.1, 0.15) is 0 Å². The minimum atomic E-state index is -3.79. The molecule has 1 amide bonds. The number of carbonyl (C=O) groups excluding carboxylic acids is 1. The molecule has 0 atom stereocenters. The topological polar surface area (TPSA) is 66.5 Å². The predicted octanol–water partition coefficient (Wildman–Crippen LogP) is 4.73. The molecule has 0 fully saturated rings. The second-order valence-electron chi connectivity index (χ2n) is 6.83. The number of rotatable bonds is 4. The van der Waals surface area contributed by atoms with Crippen LogP contribution in [0.3, 0.4) is 0 Å². The Labute approximate surface area is 175 Å². The van der Waals surface area contributed by atoms with E-state index in [2.05, 4.69) is 4.72 Å². The predicted molar refractivity (Wildman–Crippen MR) is 115 cm³/mol. The largest absolute Gasteiger partial charge is 0.308 e. The molecule has 7 heteroatoms. The van der Waals surface area contributed by atoms with Crippen LogP contribution in [0.25, 0.3) is 0 Å². The van der Waals surface area contributed by atoms with Crippen molar-refractivity contribution in [1.29, 1.82) is 0 Å². The van der Waals surface area contributed by atoms with Crippen molar-refractivity contribution in [2.75, 3.05) is 16.2 Å². The SMILES string of the molecule is O=C(c1ccccc1)N1CCCc2ccc(NS(=O)(=O)c3cccc(Cl)c3)cc21. The van der Waals surface area contributed by atoms with Gasteiger partial charge in [-0.2, -0.15) is 0 Å². The number of benzene rings is 3. The summed E-state index contributed by atoms with van der Waals surface area (Å²) < 4.78 is 28.0. The van der Waals surface area contributed by atoms with Gasteiger partial charge in [0.15, 0.2) is 0 Å². The number of aryl methyl sites for hydroxylation is 1. The highest BCUT2D eigenvalue weighted by molar-refractivity contribution is 7.92. The van der Waals surface area contributed by atoms with Crippen LogP contribution in [-0.2, 0) is 16.4 Å². The average molecular weight is 427 g/mol. The Hall–Kier alpha value is -2.83. The zero-order chi connectivity index (χ0) is 20.4. The maximum Gasteiger partial charge on any atom is 0.261 e. The van der Waals surface area contributed by atoms with Gasteiger partial charge in [0.25, 0.3) is 15.9 Å². The summed E-state index contributed by atoms with van der Waals surface area (Å²) in [5.74, 6) is -0.0959. The highest BCUT2D eigenvalue weighted by atomic mass is 35.5. The van der Waals surface area contributed by atoms with Gasteiger partial charge in [0.2, 0.25) is 0 Å². The van der Waals surface area contributed by atoms with Crippen molar-refractivity contribution in [3.8, 4) is 0 Å². The molecule has 0 saturated heterocycles. The number of sulfonamides is 1. The maximum atomic E-state index is 13.0. The van der Waals surface area contributed by atoms with Crippen molar-refractivity contribution in [3.63, 3.8) is 0 Å². The van der Waals surface area contributed by atoms with Crippen LogP contribution < -0.4 is 9.62 Å². The number of carbonyl (C=O) groups is 1. The van der Waals surface area contributed by atoms with Crippen LogP contribution >= 0.6 is 11.6 Å². The Morgan fingerprint density at radius 3 is 2.52 bits per heavy atom. The molecule has 0 unspecified atom stereocenters. The van der Waals surface area contributed by atoms with E-state index in [4.69, 9.17) is 11.6 Å². The first-order valence-corrected chi connectivity index (χ1v) is 11.1. The molecular weight excluding hydrogens is 408 g/mol. The Morgan fingerprint density at radius 2 is 1.76 bits per heavy atom. The molecule has 0 spiro atoms. The zero-order valence-electron chi connectivity index (χ0n) is 15.5. The van der Waals surface area contributed by atoms with Gasteiger partial charge in [-0.3, -0.25) is 9.52 Å². The number of hydrogen-bond acceptors (Lipinski definition) is 3. The molecule has 3 aromatic rings. The smallest absolute Gasteiger partial charge is 0.261 e. The fourth-order valence-corrected chi connectivity index (χ4v) is 4.78. The lowest BCUT2D eigenvalue weighted by molar-refractivity contribution is 0.0985. The third-order valence-corrected chi connectivity index (χ3v) is 6.44. The third kappa shape index (κ3) is 4.13. The summed E-state index contributed by atoms with van der Waals surface area (Å²) in [6, 6.07) is 20.5. The van der Waals surface area contributed by atoms with Gasteiger partial charge in [0.05, 0.1) is 10.6 Å². The summed E-state index contributed by atoms with van der Waals surface area (Å²) in [6.07, 6.45) is 1.70. The van der Waals surface area contributed by atoms with Gasteiger partial charge in [-0.1, -0.05) is 41.9 Å². The van der Waals surface area contributed by atoms with E-state index in [9.17, 15) is 13.2 Å². The van der Waals surface area contributed by atoms with E-state index in [-0.39, 0.29) is 10.8 Å². The van der Waals surface area contributed by atoms with Crippen molar-refractivity contribution in [1.82, 2.24) is 0 Å². The summed E-state index contributed by atoms with van der Waals surface area (Å²) >= 11 is 5.92. The summed E-state index contributed by atoms with van der Waals surface area (Å²) in [4.78, 5) is 14.8. The first kappa shape index (κ1) is 19.5. The molecule has 148 valence electrons. The van der Waals surface area contributed by atoms with Gasteiger partial charge < -0.3 is 4.90 Å². The quantitative estimate of drug-likeness (QED) is 0.655. The first-order chi connectivity index (χ1) is 13.9. The fourth-order valence-electron chi connectivity index (χ4n) is 3.43. The molecule has 1 aliphatic heterocycles. The van der Waals surface area contributed by atoms with Gasteiger partial charge in [0, 0.05) is 22.8 Å². The Balaban J connectivity index is 1.66. The number of amides is 1. The van der Waals surface area contributed by atoms with Crippen LogP contribution in [0.1, 0.15) is 22.3 Å². The summed E-state index contributed by atoms with van der Waals surface area (Å²) in [5, 5.41) is 0.345. The van der Waals surface area contributed by atoms with Gasteiger partial charge >= 0.3 is 0 Å². The van der Waals surface area contributed by atoms with E-state index in [1.807, 2.05) is 24.3 Å². The molecule has 0 aliphatic carbocycles. The Morgan fingerprint density at radius 1 is 0.966 bits per heavy atom. The first-order valence-electron chi connectivity index (χ1n) is 9.22. The van der Waals surface area contributed by atoms with E-state index in [1.165, 1.54) is 12.1 Å². The minimum absolute atomic E-state index is 0.0833. The molecule has 0 aromatic heterocycles. The number of nitrogens with zero attached hydrogens (tertiary/aromatic N) is 1. The van der Waals surface area contributed by atoms with Crippen molar-refractivity contribution < 1.29 is 13.2 Å². The highest BCUT2D eigenvalue weighted by Gasteiger charge is 2.24. The van der Waals surface area contributed by atoms with Crippen molar-refractivity contribution >= 4 is 38.9 Å². The number of anilines is 2. The molecule has 0 saturated carbocycles. The van der Waals surface area contributed by atoms with Crippen LogP contribution in [0.5, 0.6) is 0 Å². The molecule has 1 N–H and O–H groups in total.